The van der Waals surface area contributed by atoms with Gasteiger partial charge in [0, 0.05) is 28.7 Å². The van der Waals surface area contributed by atoms with E-state index in [4.69, 9.17) is 5.10 Å². The summed E-state index contributed by atoms with van der Waals surface area (Å²) >= 11 is 1.48. The van der Waals surface area contributed by atoms with Gasteiger partial charge >= 0.3 is 0 Å². The molecule has 0 unspecified atom stereocenters. The van der Waals surface area contributed by atoms with Gasteiger partial charge in [-0.15, -0.1) is 0 Å². The Morgan fingerprint density at radius 3 is 2.22 bits per heavy atom. The van der Waals surface area contributed by atoms with Crippen LogP contribution in [0.15, 0.2) is 119 Å². The van der Waals surface area contributed by atoms with Crippen LogP contribution in [0.25, 0.3) is 22.6 Å². The fourth-order valence-electron chi connectivity index (χ4n) is 3.90. The Hall–Kier alpha value is -4.36. The minimum Gasteiger partial charge on any atom is -0.309 e. The second-order valence-corrected chi connectivity index (χ2v) is 9.14. The summed E-state index contributed by atoms with van der Waals surface area (Å²) in [6.07, 6.45) is 3.56. The molecule has 0 radical (unpaired) electrons. The molecule has 6 nitrogen and oxygen atoms in total. The molecular weight excluding hydrogens is 466 g/mol. The number of hydrazone groups is 1. The molecule has 178 valence electrons. The van der Waals surface area contributed by atoms with Gasteiger partial charge in [-0.1, -0.05) is 78.5 Å². The maximum absolute atomic E-state index is 12.6. The number of carbonyl (C=O) groups excluding carboxylic acids is 1. The van der Waals surface area contributed by atoms with Gasteiger partial charge in [-0.3, -0.25) is 4.79 Å². The fraction of sp³-hybridized carbons (Fsp3) is 0.0690. The SMILES string of the molecule is Cc1ccc(SCC(=O)N/N=C/c2cn(-c3ccccc3)nc2-c2ccccc2)n1-c1ccccc1. The maximum Gasteiger partial charge on any atom is 0.250 e. The van der Waals surface area contributed by atoms with Gasteiger partial charge in [-0.25, -0.2) is 10.1 Å². The second-order valence-electron chi connectivity index (χ2n) is 8.14. The summed E-state index contributed by atoms with van der Waals surface area (Å²) < 4.78 is 3.97. The quantitative estimate of drug-likeness (QED) is 0.167. The van der Waals surface area contributed by atoms with Crippen LogP contribution in [0, 0.1) is 6.92 Å². The van der Waals surface area contributed by atoms with Crippen LogP contribution in [-0.4, -0.2) is 32.2 Å². The zero-order valence-electron chi connectivity index (χ0n) is 19.8. The number of nitrogens with one attached hydrogen (secondary N) is 1. The van der Waals surface area contributed by atoms with Crippen molar-refractivity contribution in [3.63, 3.8) is 0 Å². The van der Waals surface area contributed by atoms with Crippen LogP contribution >= 0.6 is 11.8 Å². The van der Waals surface area contributed by atoms with E-state index in [9.17, 15) is 4.79 Å². The normalized spacial score (nSPS) is 11.1. The number of benzene rings is 3. The van der Waals surface area contributed by atoms with Gasteiger partial charge in [0.1, 0.15) is 5.69 Å². The standard InChI is InChI=1S/C29H25N5OS/c1-22-17-18-28(34(22)26-15-9-4-10-16-26)36-21-27(35)31-30-19-24-20-33(25-13-7-3-8-14-25)32-29(24)23-11-5-2-6-12-23/h2-20H,21H2,1H3,(H,31,35)/b30-19+. The lowest BCUT2D eigenvalue weighted by Gasteiger charge is -2.11. The van der Waals surface area contributed by atoms with Crippen molar-refractivity contribution < 1.29 is 4.79 Å². The van der Waals surface area contributed by atoms with Crippen LogP contribution in [-0.2, 0) is 4.79 Å². The number of para-hydroxylation sites is 2. The molecule has 36 heavy (non-hydrogen) atoms. The summed E-state index contributed by atoms with van der Waals surface area (Å²) in [7, 11) is 0. The molecule has 5 aromatic rings. The summed E-state index contributed by atoms with van der Waals surface area (Å²) in [6.45, 7) is 2.06. The molecule has 5 rings (SSSR count). The lowest BCUT2D eigenvalue weighted by atomic mass is 10.1. The molecule has 0 spiro atoms. The van der Waals surface area contributed by atoms with E-state index >= 15 is 0 Å². The predicted octanol–water partition coefficient (Wildman–Crippen LogP) is 5.88. The molecule has 0 saturated heterocycles. The Kier molecular flexibility index (Phi) is 7.10. The van der Waals surface area contributed by atoms with Crippen LogP contribution in [0.2, 0.25) is 0 Å². The van der Waals surface area contributed by atoms with Gasteiger partial charge in [-0.2, -0.15) is 10.2 Å². The fourth-order valence-corrected chi connectivity index (χ4v) is 4.78. The van der Waals surface area contributed by atoms with Gasteiger partial charge in [0.05, 0.1) is 22.7 Å². The minimum absolute atomic E-state index is 0.175. The van der Waals surface area contributed by atoms with E-state index in [2.05, 4.69) is 40.2 Å². The van der Waals surface area contributed by atoms with Crippen molar-refractivity contribution in [2.24, 2.45) is 5.10 Å². The number of aryl methyl sites for hydroxylation is 1. The molecular formula is C29H25N5OS. The Labute approximate surface area is 214 Å². The van der Waals surface area contributed by atoms with Crippen LogP contribution in [0.4, 0.5) is 0 Å². The molecule has 0 aliphatic rings. The Morgan fingerprint density at radius 1 is 0.889 bits per heavy atom. The number of rotatable bonds is 8. The van der Waals surface area contributed by atoms with Crippen LogP contribution in [0.3, 0.4) is 0 Å². The summed E-state index contributed by atoms with van der Waals surface area (Å²) in [4.78, 5) is 12.6. The van der Waals surface area contributed by atoms with Crippen molar-refractivity contribution >= 4 is 23.9 Å². The highest BCUT2D eigenvalue weighted by molar-refractivity contribution is 7.99. The summed E-state index contributed by atoms with van der Waals surface area (Å²) in [5, 5.41) is 10.0. The van der Waals surface area contributed by atoms with Crippen molar-refractivity contribution in [3.05, 3.63) is 121 Å². The third kappa shape index (κ3) is 5.31. The first kappa shape index (κ1) is 23.4. The third-order valence-corrected chi connectivity index (χ3v) is 6.63. The van der Waals surface area contributed by atoms with E-state index in [1.165, 1.54) is 11.8 Å². The first-order valence-electron chi connectivity index (χ1n) is 11.6. The second kappa shape index (κ2) is 10.9. The summed E-state index contributed by atoms with van der Waals surface area (Å²) in [6, 6.07) is 34.1. The minimum atomic E-state index is -0.175. The van der Waals surface area contributed by atoms with E-state index < -0.39 is 0 Å². The number of thioether (sulfide) groups is 1. The van der Waals surface area contributed by atoms with Gasteiger partial charge in [0.25, 0.3) is 0 Å². The molecule has 7 heteroatoms. The number of hydrogen-bond donors (Lipinski definition) is 1. The maximum atomic E-state index is 12.6. The molecule has 2 heterocycles. The summed E-state index contributed by atoms with van der Waals surface area (Å²) in [5.74, 6) is 0.0778. The number of hydrogen-bond acceptors (Lipinski definition) is 4. The Morgan fingerprint density at radius 2 is 1.53 bits per heavy atom. The predicted molar refractivity (Wildman–Crippen MR) is 146 cm³/mol. The van der Waals surface area contributed by atoms with E-state index in [0.29, 0.717) is 0 Å². The molecule has 0 fully saturated rings. The number of amides is 1. The number of nitrogens with zero attached hydrogens (tertiary/aromatic N) is 4. The first-order chi connectivity index (χ1) is 17.7. The molecule has 0 bridgehead atoms. The summed E-state index contributed by atoms with van der Waals surface area (Å²) in [5.41, 5.74) is 8.38. The number of carbonyl (C=O) groups is 1. The molecule has 1 N–H and O–H groups in total. The van der Waals surface area contributed by atoms with Crippen LogP contribution in [0.1, 0.15) is 11.3 Å². The third-order valence-electron chi connectivity index (χ3n) is 5.61. The van der Waals surface area contributed by atoms with Crippen molar-refractivity contribution in [1.29, 1.82) is 0 Å². The highest BCUT2D eigenvalue weighted by Crippen LogP contribution is 2.26. The van der Waals surface area contributed by atoms with Crippen molar-refractivity contribution in [1.82, 2.24) is 19.8 Å². The Bertz CT molecular complexity index is 1470. The zero-order chi connectivity index (χ0) is 24.7. The average molecular weight is 492 g/mol. The van der Waals surface area contributed by atoms with Gasteiger partial charge in [0.15, 0.2) is 0 Å². The van der Waals surface area contributed by atoms with Gasteiger partial charge in [0.2, 0.25) is 5.91 Å². The highest BCUT2D eigenvalue weighted by atomic mass is 32.2. The van der Waals surface area contributed by atoms with Crippen molar-refractivity contribution in [3.8, 4) is 22.6 Å². The molecule has 0 aliphatic carbocycles. The van der Waals surface area contributed by atoms with E-state index in [0.717, 1.165) is 38.9 Å². The molecule has 3 aromatic carbocycles. The lowest BCUT2D eigenvalue weighted by Crippen LogP contribution is -2.19. The average Bonchev–Trinajstić information content (AvgIpc) is 3.52. The lowest BCUT2D eigenvalue weighted by molar-refractivity contribution is -0.118. The van der Waals surface area contributed by atoms with E-state index in [1.54, 1.807) is 6.21 Å². The van der Waals surface area contributed by atoms with Crippen LogP contribution in [0.5, 0.6) is 0 Å². The van der Waals surface area contributed by atoms with E-state index in [-0.39, 0.29) is 11.7 Å². The molecule has 1 amide bonds. The van der Waals surface area contributed by atoms with Gasteiger partial charge in [-0.05, 0) is 43.3 Å². The van der Waals surface area contributed by atoms with Crippen molar-refractivity contribution in [2.75, 3.05) is 5.75 Å². The topological polar surface area (TPSA) is 64.2 Å². The van der Waals surface area contributed by atoms with Gasteiger partial charge < -0.3 is 4.57 Å². The number of aromatic nitrogens is 3. The molecule has 2 aromatic heterocycles. The largest absolute Gasteiger partial charge is 0.309 e. The molecule has 0 saturated carbocycles. The monoisotopic (exact) mass is 491 g/mol. The highest BCUT2D eigenvalue weighted by Gasteiger charge is 2.12. The Balaban J connectivity index is 1.29. The van der Waals surface area contributed by atoms with Crippen molar-refractivity contribution in [2.45, 2.75) is 11.9 Å². The molecule has 0 atom stereocenters. The smallest absolute Gasteiger partial charge is 0.250 e. The molecule has 0 aliphatic heterocycles. The van der Waals surface area contributed by atoms with E-state index in [1.807, 2.05) is 95.8 Å². The first-order valence-corrected chi connectivity index (χ1v) is 12.6. The zero-order valence-corrected chi connectivity index (χ0v) is 20.6. The van der Waals surface area contributed by atoms with Crippen LogP contribution < -0.4 is 5.43 Å².